The van der Waals surface area contributed by atoms with Gasteiger partial charge in [-0.2, -0.15) is 5.01 Å². The molecule has 4 rings (SSSR count). The fraction of sp³-hybridized carbons (Fsp3) is 0.250. The zero-order valence-electron chi connectivity index (χ0n) is 17.2. The Balaban J connectivity index is 1.72. The number of hydrogen-bond acceptors (Lipinski definition) is 4. The van der Waals surface area contributed by atoms with Gasteiger partial charge in [0.05, 0.1) is 22.4 Å². The highest BCUT2D eigenvalue weighted by Crippen LogP contribution is 2.39. The monoisotopic (exact) mass is 514 g/mol. The summed E-state index contributed by atoms with van der Waals surface area (Å²) >= 11 is 9.55. The van der Waals surface area contributed by atoms with Gasteiger partial charge >= 0.3 is 0 Å². The summed E-state index contributed by atoms with van der Waals surface area (Å²) in [5, 5.41) is 1.98. The van der Waals surface area contributed by atoms with Crippen LogP contribution in [0, 0.1) is 17.8 Å². The summed E-state index contributed by atoms with van der Waals surface area (Å²) in [6.07, 6.45) is 4.21. The number of amides is 3. The number of imide groups is 1. The summed E-state index contributed by atoms with van der Waals surface area (Å²) in [5.74, 6) is -3.28. The number of fused-ring (bicyclic) bond motifs is 1. The normalized spacial score (nSPS) is 22.1. The summed E-state index contributed by atoms with van der Waals surface area (Å²) in [4.78, 5) is 53.1. The molecule has 2 aromatic rings. The van der Waals surface area contributed by atoms with E-state index >= 15 is 0 Å². The van der Waals surface area contributed by atoms with E-state index in [1.807, 2.05) is 19.1 Å². The molecule has 0 unspecified atom stereocenters. The summed E-state index contributed by atoms with van der Waals surface area (Å²) in [7, 11) is 0. The van der Waals surface area contributed by atoms with Crippen LogP contribution in [0.1, 0.15) is 34.1 Å². The van der Waals surface area contributed by atoms with E-state index in [4.69, 9.17) is 11.6 Å². The molecule has 1 saturated heterocycles. The van der Waals surface area contributed by atoms with Crippen LogP contribution in [0.5, 0.6) is 0 Å². The molecule has 32 heavy (non-hydrogen) atoms. The van der Waals surface area contributed by atoms with E-state index in [9.17, 15) is 19.2 Å². The quantitative estimate of drug-likeness (QED) is 0.333. The Morgan fingerprint density at radius 2 is 1.78 bits per heavy atom. The summed E-state index contributed by atoms with van der Waals surface area (Å²) < 4.78 is 0.800. The molecule has 0 N–H and O–H groups in total. The first-order valence-corrected chi connectivity index (χ1v) is 11.4. The highest BCUT2D eigenvalue weighted by Gasteiger charge is 2.53. The number of carbonyl (C=O) groups is 4. The van der Waals surface area contributed by atoms with Crippen molar-refractivity contribution in [3.05, 3.63) is 81.3 Å². The largest absolute Gasteiger partial charge is 0.292 e. The van der Waals surface area contributed by atoms with Gasteiger partial charge in [0.15, 0.2) is 5.78 Å². The predicted molar refractivity (Wildman–Crippen MR) is 123 cm³/mol. The second kappa shape index (κ2) is 9.00. The molecule has 0 bridgehead atoms. The van der Waals surface area contributed by atoms with Crippen molar-refractivity contribution in [3.63, 3.8) is 0 Å². The van der Waals surface area contributed by atoms with Crippen LogP contribution < -0.4 is 0 Å². The van der Waals surface area contributed by atoms with Gasteiger partial charge in [0.1, 0.15) is 6.54 Å². The second-order valence-corrected chi connectivity index (χ2v) is 9.24. The molecule has 0 radical (unpaired) electrons. The van der Waals surface area contributed by atoms with Gasteiger partial charge in [-0.15, -0.1) is 0 Å². The molecule has 1 aliphatic carbocycles. The molecule has 1 fully saturated rings. The highest BCUT2D eigenvalue weighted by atomic mass is 79.9. The molecule has 2 aromatic carbocycles. The van der Waals surface area contributed by atoms with Crippen LogP contribution in [0.15, 0.2) is 65.2 Å². The minimum Gasteiger partial charge on any atom is -0.292 e. The van der Waals surface area contributed by atoms with E-state index in [0.29, 0.717) is 12.0 Å². The number of hydrazine groups is 1. The van der Waals surface area contributed by atoms with Gasteiger partial charge in [0.2, 0.25) is 0 Å². The van der Waals surface area contributed by atoms with Crippen molar-refractivity contribution in [1.82, 2.24) is 10.0 Å². The molecule has 3 amide bonds. The van der Waals surface area contributed by atoms with Crippen LogP contribution in [-0.4, -0.2) is 40.1 Å². The summed E-state index contributed by atoms with van der Waals surface area (Å²) in [5.41, 5.74) is 0.469. The van der Waals surface area contributed by atoms with E-state index in [2.05, 4.69) is 15.9 Å². The first kappa shape index (κ1) is 22.4. The average molecular weight is 516 g/mol. The Hall–Kier alpha value is -2.77. The minimum atomic E-state index is -0.679. The van der Waals surface area contributed by atoms with Crippen molar-refractivity contribution in [2.45, 2.75) is 13.3 Å². The molecule has 8 heteroatoms. The molecule has 2 aliphatic rings. The molecular weight excluding hydrogens is 496 g/mol. The van der Waals surface area contributed by atoms with Crippen LogP contribution in [0.25, 0.3) is 0 Å². The van der Waals surface area contributed by atoms with Crippen LogP contribution in [-0.2, 0) is 9.59 Å². The van der Waals surface area contributed by atoms with E-state index in [-0.39, 0.29) is 16.5 Å². The number of carbonyl (C=O) groups excluding carboxylic acids is 4. The maximum absolute atomic E-state index is 13.5. The van der Waals surface area contributed by atoms with Crippen molar-refractivity contribution < 1.29 is 19.2 Å². The van der Waals surface area contributed by atoms with Crippen molar-refractivity contribution >= 4 is 51.0 Å². The van der Waals surface area contributed by atoms with Crippen LogP contribution >= 0.6 is 27.5 Å². The third-order valence-corrected chi connectivity index (χ3v) is 6.75. The number of hydrogen-bond donors (Lipinski definition) is 0. The van der Waals surface area contributed by atoms with Gasteiger partial charge in [-0.1, -0.05) is 70.9 Å². The van der Waals surface area contributed by atoms with Crippen LogP contribution in [0.2, 0.25) is 5.02 Å². The van der Waals surface area contributed by atoms with Crippen molar-refractivity contribution in [3.8, 4) is 0 Å². The lowest BCUT2D eigenvalue weighted by Gasteiger charge is -2.30. The number of nitrogens with zero attached hydrogens (tertiary/aromatic N) is 2. The van der Waals surface area contributed by atoms with Gasteiger partial charge in [-0.25, -0.2) is 5.01 Å². The molecular formula is C24H20BrClN2O4. The number of allylic oxidation sites excluding steroid dienone is 2. The fourth-order valence-electron chi connectivity index (χ4n) is 4.24. The van der Waals surface area contributed by atoms with E-state index < -0.39 is 41.9 Å². The predicted octanol–water partition coefficient (Wildman–Crippen LogP) is 4.54. The number of Topliss-reactive ketones (excluding diaryl/α,β-unsaturated/α-hetero) is 1. The maximum Gasteiger partial charge on any atom is 0.274 e. The van der Waals surface area contributed by atoms with E-state index in [1.54, 1.807) is 42.5 Å². The van der Waals surface area contributed by atoms with Gasteiger partial charge in [0, 0.05) is 10.0 Å². The highest BCUT2D eigenvalue weighted by molar-refractivity contribution is 9.10. The van der Waals surface area contributed by atoms with Crippen molar-refractivity contribution in [2.75, 3.05) is 6.54 Å². The average Bonchev–Trinajstić information content (AvgIpc) is 3.03. The van der Waals surface area contributed by atoms with Gasteiger partial charge in [-0.05, 0) is 36.6 Å². The zero-order chi connectivity index (χ0) is 23.0. The van der Waals surface area contributed by atoms with E-state index in [1.165, 1.54) is 6.07 Å². The Morgan fingerprint density at radius 1 is 1.09 bits per heavy atom. The second-order valence-electron chi connectivity index (χ2n) is 7.92. The molecule has 6 nitrogen and oxygen atoms in total. The molecule has 3 atom stereocenters. The first-order valence-electron chi connectivity index (χ1n) is 10.2. The Morgan fingerprint density at radius 3 is 2.44 bits per heavy atom. The molecule has 1 heterocycles. The lowest BCUT2D eigenvalue weighted by molar-refractivity contribution is -0.154. The molecule has 0 aromatic heterocycles. The number of benzene rings is 2. The van der Waals surface area contributed by atoms with Crippen LogP contribution in [0.3, 0.4) is 0 Å². The Labute approximate surface area is 198 Å². The molecule has 0 spiro atoms. The van der Waals surface area contributed by atoms with Crippen molar-refractivity contribution in [1.29, 1.82) is 0 Å². The fourth-order valence-corrected chi connectivity index (χ4v) is 4.72. The van der Waals surface area contributed by atoms with Gasteiger partial charge in [0.25, 0.3) is 17.7 Å². The number of rotatable bonds is 5. The Kier molecular flexibility index (Phi) is 6.31. The lowest BCUT2D eigenvalue weighted by Crippen LogP contribution is -2.52. The molecule has 0 saturated carbocycles. The minimum absolute atomic E-state index is 0.111. The van der Waals surface area contributed by atoms with Gasteiger partial charge in [-0.3, -0.25) is 19.2 Å². The first-order chi connectivity index (χ1) is 15.3. The smallest absolute Gasteiger partial charge is 0.274 e. The third-order valence-electron chi connectivity index (χ3n) is 5.89. The molecule has 164 valence electrons. The topological polar surface area (TPSA) is 74.8 Å². The van der Waals surface area contributed by atoms with Crippen molar-refractivity contribution in [2.24, 2.45) is 17.8 Å². The number of halogens is 2. The zero-order valence-corrected chi connectivity index (χ0v) is 19.5. The SMILES string of the molecule is C[C@@H]1C=CC[C@H]2C(=O)N(N(CC(=O)c3ccc(Br)cc3)C(=O)c3ccccc3Cl)C(=O)[C@@H]12. The lowest BCUT2D eigenvalue weighted by atomic mass is 9.78. The third kappa shape index (κ3) is 4.02. The Bertz CT molecular complexity index is 1130. The summed E-state index contributed by atoms with van der Waals surface area (Å²) in [6, 6.07) is 13.0. The van der Waals surface area contributed by atoms with E-state index in [0.717, 1.165) is 14.5 Å². The standard InChI is InChI=1S/C24H20BrClN2O4/c1-14-5-4-7-18-21(14)24(32)28(23(18)31)27(22(30)17-6-2-3-8-19(17)26)13-20(29)15-9-11-16(25)12-10-15/h2-6,8-12,14,18,21H,7,13H2,1H3/t14-,18-,21+/m1/s1. The molecule has 1 aliphatic heterocycles. The van der Waals surface area contributed by atoms with Crippen LogP contribution in [0.4, 0.5) is 0 Å². The maximum atomic E-state index is 13.5. The van der Waals surface area contributed by atoms with Gasteiger partial charge < -0.3 is 0 Å². The summed E-state index contributed by atoms with van der Waals surface area (Å²) in [6.45, 7) is 1.40. The number of ketones is 1.